The quantitative estimate of drug-likeness (QED) is 0.830. The van der Waals surface area contributed by atoms with Crippen LogP contribution in [0.1, 0.15) is 16.1 Å². The molecule has 0 radical (unpaired) electrons. The molecule has 88 valence electrons. The molecular weight excluding hydrogens is 220 g/mol. The molecule has 0 bridgehead atoms. The van der Waals surface area contributed by atoms with E-state index in [2.05, 4.69) is 20.7 Å². The molecule has 1 aromatic carbocycles. The van der Waals surface area contributed by atoms with Crippen molar-refractivity contribution in [3.8, 4) is 0 Å². The minimum atomic E-state index is -0.293. The fourth-order valence-corrected chi connectivity index (χ4v) is 1.36. The Bertz CT molecular complexity index is 479. The predicted molar refractivity (Wildman–Crippen MR) is 61.5 cm³/mol. The van der Waals surface area contributed by atoms with Gasteiger partial charge < -0.3 is 10.1 Å². The predicted octanol–water partition coefficient (Wildman–Crippen LogP) is 1.20. The third-order valence-electron chi connectivity index (χ3n) is 2.17. The zero-order valence-electron chi connectivity index (χ0n) is 9.30. The van der Waals surface area contributed by atoms with E-state index in [1.165, 1.54) is 6.20 Å². The van der Waals surface area contributed by atoms with E-state index >= 15 is 0 Å². The lowest BCUT2D eigenvalue weighted by molar-refractivity contribution is 0.102. The maximum atomic E-state index is 11.6. The first-order valence-corrected chi connectivity index (χ1v) is 5.04. The summed E-state index contributed by atoms with van der Waals surface area (Å²) in [5, 5.41) is 12.4. The summed E-state index contributed by atoms with van der Waals surface area (Å²) in [5.74, 6) is -0.293. The molecule has 0 atom stereocenters. The van der Waals surface area contributed by atoms with Crippen molar-refractivity contribution in [1.29, 1.82) is 0 Å². The second-order valence-electron chi connectivity index (χ2n) is 3.44. The van der Waals surface area contributed by atoms with Crippen molar-refractivity contribution in [2.45, 2.75) is 6.61 Å². The van der Waals surface area contributed by atoms with Crippen LogP contribution in [0.15, 0.2) is 30.5 Å². The minimum Gasteiger partial charge on any atom is -0.380 e. The zero-order valence-corrected chi connectivity index (χ0v) is 9.30. The zero-order chi connectivity index (χ0) is 12.1. The maximum absolute atomic E-state index is 11.6. The standard InChI is InChI=1S/C11H12N4O2/c1-17-7-8-2-4-9(5-3-8)13-11(16)10-6-12-15-14-10/h2-6H,7H2,1H3,(H,13,16)(H,12,14,15). The van der Waals surface area contributed by atoms with Crippen molar-refractivity contribution < 1.29 is 9.53 Å². The van der Waals surface area contributed by atoms with Crippen LogP contribution >= 0.6 is 0 Å². The molecule has 1 amide bonds. The molecule has 1 aromatic heterocycles. The molecule has 17 heavy (non-hydrogen) atoms. The van der Waals surface area contributed by atoms with Crippen LogP contribution in [0.5, 0.6) is 0 Å². The van der Waals surface area contributed by atoms with Gasteiger partial charge in [-0.3, -0.25) is 4.79 Å². The Labute approximate surface area is 98.0 Å². The number of aromatic amines is 1. The van der Waals surface area contributed by atoms with Gasteiger partial charge in [0, 0.05) is 12.8 Å². The van der Waals surface area contributed by atoms with E-state index < -0.39 is 0 Å². The molecule has 1 heterocycles. The molecule has 2 N–H and O–H groups in total. The summed E-state index contributed by atoms with van der Waals surface area (Å²) in [6.45, 7) is 0.553. The van der Waals surface area contributed by atoms with Crippen molar-refractivity contribution in [3.05, 3.63) is 41.7 Å². The fourth-order valence-electron chi connectivity index (χ4n) is 1.36. The third kappa shape index (κ3) is 2.88. The number of carbonyl (C=O) groups excluding carboxylic acids is 1. The first kappa shape index (κ1) is 11.3. The van der Waals surface area contributed by atoms with Crippen LogP contribution in [0.2, 0.25) is 0 Å². The molecule has 0 unspecified atom stereocenters. The Balaban J connectivity index is 2.01. The van der Waals surface area contributed by atoms with Crippen molar-refractivity contribution in [1.82, 2.24) is 15.4 Å². The van der Waals surface area contributed by atoms with E-state index in [9.17, 15) is 4.79 Å². The molecule has 0 spiro atoms. The van der Waals surface area contributed by atoms with E-state index in [1.54, 1.807) is 7.11 Å². The highest BCUT2D eigenvalue weighted by molar-refractivity contribution is 6.02. The second kappa shape index (κ2) is 5.22. The minimum absolute atomic E-state index is 0.256. The highest BCUT2D eigenvalue weighted by atomic mass is 16.5. The van der Waals surface area contributed by atoms with Crippen molar-refractivity contribution >= 4 is 11.6 Å². The summed E-state index contributed by atoms with van der Waals surface area (Å²) < 4.78 is 5.00. The first-order chi connectivity index (χ1) is 8.29. The lowest BCUT2D eigenvalue weighted by Gasteiger charge is -2.04. The van der Waals surface area contributed by atoms with E-state index in [0.29, 0.717) is 12.3 Å². The Morgan fingerprint density at radius 2 is 2.18 bits per heavy atom. The number of nitrogens with one attached hydrogen (secondary N) is 2. The molecule has 0 saturated heterocycles. The topological polar surface area (TPSA) is 79.9 Å². The second-order valence-corrected chi connectivity index (χ2v) is 3.44. The molecule has 6 heteroatoms. The van der Waals surface area contributed by atoms with Gasteiger partial charge in [0.05, 0.1) is 12.8 Å². The number of benzene rings is 1. The molecule has 0 saturated carbocycles. The van der Waals surface area contributed by atoms with Gasteiger partial charge in [0.15, 0.2) is 5.69 Å². The van der Waals surface area contributed by atoms with Gasteiger partial charge in [-0.1, -0.05) is 12.1 Å². The highest BCUT2D eigenvalue weighted by Gasteiger charge is 2.08. The molecule has 2 rings (SSSR count). The van der Waals surface area contributed by atoms with Gasteiger partial charge in [-0.05, 0) is 17.7 Å². The summed E-state index contributed by atoms with van der Waals surface area (Å²) in [6.07, 6.45) is 1.37. The summed E-state index contributed by atoms with van der Waals surface area (Å²) in [4.78, 5) is 11.6. The smallest absolute Gasteiger partial charge is 0.277 e. The van der Waals surface area contributed by atoms with Crippen LogP contribution < -0.4 is 5.32 Å². The van der Waals surface area contributed by atoms with Gasteiger partial charge in [-0.15, -0.1) is 0 Å². The number of nitrogens with zero attached hydrogens (tertiary/aromatic N) is 2. The Morgan fingerprint density at radius 3 is 2.76 bits per heavy atom. The highest BCUT2D eigenvalue weighted by Crippen LogP contribution is 2.11. The van der Waals surface area contributed by atoms with E-state index in [-0.39, 0.29) is 11.6 Å². The molecular formula is C11H12N4O2. The van der Waals surface area contributed by atoms with Gasteiger partial charge in [0.2, 0.25) is 0 Å². The van der Waals surface area contributed by atoms with Crippen LogP contribution in [0.25, 0.3) is 0 Å². The number of hydrogen-bond donors (Lipinski definition) is 2. The van der Waals surface area contributed by atoms with Gasteiger partial charge in [0.25, 0.3) is 5.91 Å². The number of methoxy groups -OCH3 is 1. The molecule has 0 aliphatic rings. The normalized spacial score (nSPS) is 10.2. The number of hydrogen-bond acceptors (Lipinski definition) is 4. The number of ether oxygens (including phenoxy) is 1. The summed E-state index contributed by atoms with van der Waals surface area (Å²) in [5.41, 5.74) is 2.01. The monoisotopic (exact) mass is 232 g/mol. The lowest BCUT2D eigenvalue weighted by atomic mass is 10.2. The Morgan fingerprint density at radius 1 is 1.41 bits per heavy atom. The molecule has 0 fully saturated rings. The van der Waals surface area contributed by atoms with Crippen LogP contribution in [-0.2, 0) is 11.3 Å². The van der Waals surface area contributed by atoms with Crippen LogP contribution in [0, 0.1) is 0 Å². The van der Waals surface area contributed by atoms with E-state index in [1.807, 2.05) is 24.3 Å². The van der Waals surface area contributed by atoms with E-state index in [4.69, 9.17) is 4.74 Å². The number of anilines is 1. The van der Waals surface area contributed by atoms with Gasteiger partial charge in [-0.2, -0.15) is 15.4 Å². The van der Waals surface area contributed by atoms with Crippen LogP contribution in [-0.4, -0.2) is 28.4 Å². The third-order valence-corrected chi connectivity index (χ3v) is 2.17. The van der Waals surface area contributed by atoms with Crippen molar-refractivity contribution in [2.75, 3.05) is 12.4 Å². The number of amides is 1. The first-order valence-electron chi connectivity index (χ1n) is 5.04. The summed E-state index contributed by atoms with van der Waals surface area (Å²) >= 11 is 0. The summed E-state index contributed by atoms with van der Waals surface area (Å²) in [7, 11) is 1.64. The van der Waals surface area contributed by atoms with Crippen molar-refractivity contribution in [2.24, 2.45) is 0 Å². The average Bonchev–Trinajstić information content (AvgIpc) is 2.86. The number of rotatable bonds is 4. The average molecular weight is 232 g/mol. The van der Waals surface area contributed by atoms with Crippen LogP contribution in [0.4, 0.5) is 5.69 Å². The largest absolute Gasteiger partial charge is 0.380 e. The van der Waals surface area contributed by atoms with Gasteiger partial charge in [0.1, 0.15) is 0 Å². The molecule has 6 nitrogen and oxygen atoms in total. The van der Waals surface area contributed by atoms with Gasteiger partial charge in [-0.25, -0.2) is 0 Å². The summed E-state index contributed by atoms with van der Waals surface area (Å²) in [6, 6.07) is 7.41. The Kier molecular flexibility index (Phi) is 3.46. The van der Waals surface area contributed by atoms with E-state index in [0.717, 1.165) is 5.56 Å². The maximum Gasteiger partial charge on any atom is 0.277 e. The van der Waals surface area contributed by atoms with Crippen molar-refractivity contribution in [3.63, 3.8) is 0 Å². The fraction of sp³-hybridized carbons (Fsp3) is 0.182. The van der Waals surface area contributed by atoms with Crippen LogP contribution in [0.3, 0.4) is 0 Å². The number of carbonyl (C=O) groups is 1. The van der Waals surface area contributed by atoms with Gasteiger partial charge >= 0.3 is 0 Å². The SMILES string of the molecule is COCc1ccc(NC(=O)c2cn[nH]n2)cc1. The number of aromatic nitrogens is 3. The molecule has 0 aliphatic carbocycles. The lowest BCUT2D eigenvalue weighted by Crippen LogP contribution is -2.12. The molecule has 0 aliphatic heterocycles. The Hall–Kier alpha value is -2.21. The molecule has 2 aromatic rings. The number of H-pyrrole nitrogens is 1.